The maximum absolute atomic E-state index is 13.5. The molecule has 0 heterocycles. The maximum atomic E-state index is 13.5. The third kappa shape index (κ3) is 7.42. The van der Waals surface area contributed by atoms with E-state index < -0.39 is 28.5 Å². The molecule has 3 rings (SSSR count). The van der Waals surface area contributed by atoms with Gasteiger partial charge in [-0.2, -0.15) is 0 Å². The number of sulfonamides is 1. The number of carbonyl (C=O) groups is 2. The summed E-state index contributed by atoms with van der Waals surface area (Å²) < 4.78 is 28.1. The number of nitrogens with one attached hydrogen (secondary N) is 1. The Morgan fingerprint density at radius 3 is 2.38 bits per heavy atom. The fourth-order valence-electron chi connectivity index (χ4n) is 4.03. The van der Waals surface area contributed by atoms with Gasteiger partial charge in [0.1, 0.15) is 12.6 Å². The summed E-state index contributed by atoms with van der Waals surface area (Å²) in [6.07, 6.45) is 5.12. The first-order valence-electron chi connectivity index (χ1n) is 11.1. The quantitative estimate of drug-likeness (QED) is 0.406. The lowest BCUT2D eigenvalue weighted by atomic mass is 10.1. The number of hydrogen-bond donors (Lipinski definition) is 1. The number of nitrogens with zero attached hydrogens (tertiary/aromatic N) is 2. The second-order valence-corrected chi connectivity index (χ2v) is 12.6. The van der Waals surface area contributed by atoms with Crippen LogP contribution in [0.3, 0.4) is 0 Å². The predicted molar refractivity (Wildman–Crippen MR) is 146 cm³/mol. The Morgan fingerprint density at radius 1 is 1.15 bits per heavy atom. The summed E-state index contributed by atoms with van der Waals surface area (Å²) in [5, 5.41) is 3.06. The van der Waals surface area contributed by atoms with Crippen LogP contribution in [-0.2, 0) is 26.2 Å². The number of carbonyl (C=O) groups excluding carboxylic acids is 2. The number of rotatable bonds is 9. The Bertz CT molecular complexity index is 1120. The summed E-state index contributed by atoms with van der Waals surface area (Å²) in [4.78, 5) is 28.0. The lowest BCUT2D eigenvalue weighted by Gasteiger charge is -2.32. The minimum absolute atomic E-state index is 0.122. The fraction of sp³-hybridized carbons (Fsp3) is 0.417. The highest BCUT2D eigenvalue weighted by molar-refractivity contribution is 14.1. The van der Waals surface area contributed by atoms with E-state index in [1.54, 1.807) is 31.2 Å². The van der Waals surface area contributed by atoms with Crippen molar-refractivity contribution in [3.63, 3.8) is 0 Å². The molecule has 184 valence electrons. The van der Waals surface area contributed by atoms with Gasteiger partial charge in [-0.25, -0.2) is 8.42 Å². The zero-order chi connectivity index (χ0) is 24.9. The predicted octanol–water partition coefficient (Wildman–Crippen LogP) is 4.30. The van der Waals surface area contributed by atoms with E-state index in [1.807, 2.05) is 24.3 Å². The molecule has 1 N–H and O–H groups in total. The van der Waals surface area contributed by atoms with Crippen molar-refractivity contribution >= 4 is 66.0 Å². The minimum atomic E-state index is -3.73. The van der Waals surface area contributed by atoms with Crippen molar-refractivity contribution in [1.82, 2.24) is 10.2 Å². The van der Waals surface area contributed by atoms with Crippen LogP contribution < -0.4 is 9.62 Å². The highest BCUT2D eigenvalue weighted by Gasteiger charge is 2.31. The monoisotopic (exact) mass is 661 g/mol. The zero-order valence-electron chi connectivity index (χ0n) is 19.2. The highest BCUT2D eigenvalue weighted by Crippen LogP contribution is 2.22. The van der Waals surface area contributed by atoms with Gasteiger partial charge in [-0.05, 0) is 84.3 Å². The molecular weight excluding hydrogens is 633 g/mol. The molecule has 1 atom stereocenters. The van der Waals surface area contributed by atoms with Gasteiger partial charge in [0.25, 0.3) is 0 Å². The number of amides is 2. The Morgan fingerprint density at radius 2 is 1.79 bits per heavy atom. The summed E-state index contributed by atoms with van der Waals surface area (Å²) >= 11 is 5.58. The molecular formula is C24H29BrIN3O4S. The summed E-state index contributed by atoms with van der Waals surface area (Å²) in [5.41, 5.74) is 1.24. The standard InChI is InChI=1S/C24H29BrIN3O4S/c1-17(24(31)27-21-8-3-4-9-21)28(15-18-6-5-7-19(25)14-18)23(30)16-29(34(2,32)33)22-12-10-20(26)11-13-22/h5-7,10-14,17,21H,3-4,8-9,15-16H2,1-2H3,(H,27,31)/t17-/m1/s1. The number of anilines is 1. The SMILES string of the molecule is C[C@H](C(=O)NC1CCCC1)N(Cc1cccc(Br)c1)C(=O)CN(c1ccc(I)cc1)S(C)(=O)=O. The summed E-state index contributed by atoms with van der Waals surface area (Å²) in [6, 6.07) is 13.8. The second kappa shape index (κ2) is 11.9. The van der Waals surface area contributed by atoms with Crippen LogP contribution in [0.1, 0.15) is 38.2 Å². The topological polar surface area (TPSA) is 86.8 Å². The molecule has 0 bridgehead atoms. The third-order valence-corrected chi connectivity index (χ3v) is 8.26. The minimum Gasteiger partial charge on any atom is -0.352 e. The molecule has 2 aromatic rings. The Kier molecular flexibility index (Phi) is 9.39. The smallest absolute Gasteiger partial charge is 0.244 e. The number of hydrogen-bond acceptors (Lipinski definition) is 4. The third-order valence-electron chi connectivity index (χ3n) is 5.90. The molecule has 0 saturated heterocycles. The summed E-state index contributed by atoms with van der Waals surface area (Å²) in [7, 11) is -3.73. The molecule has 0 radical (unpaired) electrons. The first-order valence-corrected chi connectivity index (χ1v) is 14.8. The molecule has 1 aliphatic rings. The molecule has 1 saturated carbocycles. The summed E-state index contributed by atoms with van der Waals surface area (Å²) in [6.45, 7) is 1.48. The van der Waals surface area contributed by atoms with Gasteiger partial charge in [-0.1, -0.05) is 40.9 Å². The van der Waals surface area contributed by atoms with Crippen molar-refractivity contribution < 1.29 is 18.0 Å². The molecule has 0 aliphatic heterocycles. The van der Waals surface area contributed by atoms with Crippen LogP contribution in [0.15, 0.2) is 53.0 Å². The van der Waals surface area contributed by atoms with Crippen molar-refractivity contribution in [3.8, 4) is 0 Å². The van der Waals surface area contributed by atoms with Crippen molar-refractivity contribution in [2.45, 2.75) is 51.2 Å². The van der Waals surface area contributed by atoms with Crippen molar-refractivity contribution in [3.05, 3.63) is 62.1 Å². The van der Waals surface area contributed by atoms with Gasteiger partial charge in [0.15, 0.2) is 0 Å². The van der Waals surface area contributed by atoms with Gasteiger partial charge >= 0.3 is 0 Å². The Hall–Kier alpha value is -1.66. The van der Waals surface area contributed by atoms with E-state index in [2.05, 4.69) is 43.8 Å². The first kappa shape index (κ1) is 26.9. The molecule has 0 spiro atoms. The zero-order valence-corrected chi connectivity index (χ0v) is 23.8. The van der Waals surface area contributed by atoms with Gasteiger partial charge in [0.2, 0.25) is 21.8 Å². The molecule has 2 amide bonds. The first-order chi connectivity index (χ1) is 16.0. The number of benzene rings is 2. The van der Waals surface area contributed by atoms with Crippen LogP contribution in [0.4, 0.5) is 5.69 Å². The van der Waals surface area contributed by atoms with E-state index in [-0.39, 0.29) is 18.5 Å². The molecule has 1 aliphatic carbocycles. The van der Waals surface area contributed by atoms with E-state index in [0.717, 1.165) is 49.9 Å². The van der Waals surface area contributed by atoms with E-state index in [0.29, 0.717) is 5.69 Å². The fourth-order valence-corrected chi connectivity index (χ4v) is 5.68. The Labute approximate surface area is 223 Å². The van der Waals surface area contributed by atoms with Crippen molar-refractivity contribution in [1.29, 1.82) is 0 Å². The van der Waals surface area contributed by atoms with Crippen LogP contribution >= 0.6 is 38.5 Å². The van der Waals surface area contributed by atoms with Crippen LogP contribution in [0, 0.1) is 3.57 Å². The van der Waals surface area contributed by atoms with Gasteiger partial charge in [-0.15, -0.1) is 0 Å². The van der Waals surface area contributed by atoms with E-state index in [9.17, 15) is 18.0 Å². The van der Waals surface area contributed by atoms with Gasteiger partial charge in [0, 0.05) is 20.6 Å². The average molecular weight is 662 g/mol. The van der Waals surface area contributed by atoms with E-state index in [1.165, 1.54) is 4.90 Å². The van der Waals surface area contributed by atoms with Gasteiger partial charge < -0.3 is 10.2 Å². The molecule has 0 aromatic heterocycles. The molecule has 1 fully saturated rings. The average Bonchev–Trinajstić information content (AvgIpc) is 3.28. The van der Waals surface area contributed by atoms with Crippen LogP contribution in [0.2, 0.25) is 0 Å². The summed E-state index contributed by atoms with van der Waals surface area (Å²) in [5.74, 6) is -0.673. The van der Waals surface area contributed by atoms with Crippen LogP contribution in [-0.4, -0.2) is 50.0 Å². The maximum Gasteiger partial charge on any atom is 0.244 e. The van der Waals surface area contributed by atoms with Gasteiger partial charge in [0.05, 0.1) is 11.9 Å². The molecule has 0 unspecified atom stereocenters. The normalized spacial score (nSPS) is 15.1. The van der Waals surface area contributed by atoms with Crippen molar-refractivity contribution in [2.75, 3.05) is 17.1 Å². The van der Waals surface area contributed by atoms with Crippen LogP contribution in [0.25, 0.3) is 0 Å². The van der Waals surface area contributed by atoms with E-state index in [4.69, 9.17) is 0 Å². The van der Waals surface area contributed by atoms with E-state index >= 15 is 0 Å². The number of halogens is 2. The second-order valence-electron chi connectivity index (χ2n) is 8.56. The molecule has 7 nitrogen and oxygen atoms in total. The highest BCUT2D eigenvalue weighted by atomic mass is 127. The van der Waals surface area contributed by atoms with Crippen molar-refractivity contribution in [2.24, 2.45) is 0 Å². The van der Waals surface area contributed by atoms with Gasteiger partial charge in [-0.3, -0.25) is 13.9 Å². The lowest BCUT2D eigenvalue weighted by molar-refractivity contribution is -0.139. The van der Waals surface area contributed by atoms with Crippen LogP contribution in [0.5, 0.6) is 0 Å². The molecule has 10 heteroatoms. The largest absolute Gasteiger partial charge is 0.352 e. The molecule has 2 aromatic carbocycles. The molecule has 34 heavy (non-hydrogen) atoms. The Balaban J connectivity index is 1.87. The lowest BCUT2D eigenvalue weighted by Crippen LogP contribution is -2.52.